The Kier molecular flexibility index (Phi) is 2.32. The first kappa shape index (κ1) is 8.96. The molecule has 72 valence electrons. The number of thiazole rings is 1. The molecule has 0 aliphatic carbocycles. The molecule has 0 amide bonds. The van der Waals surface area contributed by atoms with Crippen LogP contribution < -0.4 is 10.5 Å². The van der Waals surface area contributed by atoms with Gasteiger partial charge in [-0.1, -0.05) is 0 Å². The van der Waals surface area contributed by atoms with Crippen LogP contribution in [0.5, 0.6) is 5.88 Å². The van der Waals surface area contributed by atoms with Crippen LogP contribution in [0, 0.1) is 0 Å². The highest BCUT2D eigenvalue weighted by atomic mass is 32.1. The van der Waals surface area contributed by atoms with Crippen molar-refractivity contribution in [2.75, 3.05) is 12.8 Å². The zero-order valence-electron chi connectivity index (χ0n) is 7.60. The normalized spacial score (nSPS) is 10.1. The van der Waals surface area contributed by atoms with Gasteiger partial charge in [-0.05, 0) is 12.1 Å². The second kappa shape index (κ2) is 3.63. The van der Waals surface area contributed by atoms with Gasteiger partial charge in [-0.15, -0.1) is 11.3 Å². The zero-order chi connectivity index (χ0) is 9.97. The van der Waals surface area contributed by atoms with Crippen molar-refractivity contribution in [2.45, 2.75) is 0 Å². The minimum absolute atomic E-state index is 0.524. The summed E-state index contributed by atoms with van der Waals surface area (Å²) in [6, 6.07) is 3.75. The Bertz CT molecular complexity index is 441. The van der Waals surface area contributed by atoms with Gasteiger partial charge in [0.2, 0.25) is 5.88 Å². The van der Waals surface area contributed by atoms with Gasteiger partial charge in [0.05, 0.1) is 12.7 Å². The Morgan fingerprint density at radius 2 is 2.36 bits per heavy atom. The Balaban J connectivity index is 2.50. The van der Waals surface area contributed by atoms with E-state index in [0.29, 0.717) is 11.7 Å². The third-order valence-electron chi connectivity index (χ3n) is 1.72. The Hall–Kier alpha value is -1.62. The molecule has 0 atom stereocenters. The number of nitrogens with two attached hydrogens (primary N) is 1. The highest BCUT2D eigenvalue weighted by molar-refractivity contribution is 7.13. The van der Waals surface area contributed by atoms with Crippen LogP contribution in [0.1, 0.15) is 0 Å². The van der Waals surface area contributed by atoms with Crippen LogP contribution >= 0.6 is 11.3 Å². The molecule has 2 aromatic rings. The molecule has 0 saturated heterocycles. The molecule has 0 saturated carbocycles. The molecular weight excluding hydrogens is 198 g/mol. The summed E-state index contributed by atoms with van der Waals surface area (Å²) in [5, 5.41) is 2.62. The molecule has 0 fully saturated rings. The van der Waals surface area contributed by atoms with Crippen LogP contribution in [0.25, 0.3) is 10.6 Å². The second-order valence-electron chi connectivity index (χ2n) is 2.64. The number of hydrogen-bond donors (Lipinski definition) is 1. The average molecular weight is 207 g/mol. The number of rotatable bonds is 2. The van der Waals surface area contributed by atoms with Crippen LogP contribution in [-0.4, -0.2) is 17.1 Å². The molecule has 2 rings (SSSR count). The third-order valence-corrected chi connectivity index (χ3v) is 2.61. The number of aromatic nitrogens is 2. The summed E-state index contributed by atoms with van der Waals surface area (Å²) in [6.45, 7) is 0. The summed E-state index contributed by atoms with van der Waals surface area (Å²) in [7, 11) is 1.59. The zero-order valence-corrected chi connectivity index (χ0v) is 8.41. The lowest BCUT2D eigenvalue weighted by atomic mass is 10.3. The molecule has 4 nitrogen and oxygen atoms in total. The molecule has 0 aromatic carbocycles. The number of nitrogens with zero attached hydrogens (tertiary/aromatic N) is 2. The van der Waals surface area contributed by atoms with Crippen molar-refractivity contribution in [1.82, 2.24) is 9.97 Å². The average Bonchev–Trinajstić information content (AvgIpc) is 2.65. The molecule has 0 radical (unpaired) electrons. The van der Waals surface area contributed by atoms with E-state index in [0.717, 1.165) is 10.6 Å². The SMILES string of the molecule is COc1ncccc1-c1nc(N)cs1. The van der Waals surface area contributed by atoms with Crippen molar-refractivity contribution < 1.29 is 4.74 Å². The van der Waals surface area contributed by atoms with E-state index in [-0.39, 0.29) is 0 Å². The number of nitrogen functional groups attached to an aromatic ring is 1. The number of hydrogen-bond acceptors (Lipinski definition) is 5. The van der Waals surface area contributed by atoms with Gasteiger partial charge in [-0.3, -0.25) is 0 Å². The molecular formula is C9H9N3OS. The van der Waals surface area contributed by atoms with Crippen molar-refractivity contribution in [3.63, 3.8) is 0 Å². The van der Waals surface area contributed by atoms with Crippen molar-refractivity contribution in [3.05, 3.63) is 23.7 Å². The summed E-state index contributed by atoms with van der Waals surface area (Å²) < 4.78 is 5.12. The Morgan fingerprint density at radius 1 is 1.50 bits per heavy atom. The lowest BCUT2D eigenvalue weighted by Crippen LogP contribution is -1.90. The van der Waals surface area contributed by atoms with Crippen LogP contribution in [-0.2, 0) is 0 Å². The topological polar surface area (TPSA) is 61.0 Å². The van der Waals surface area contributed by atoms with Crippen LogP contribution in [0.2, 0.25) is 0 Å². The molecule has 5 heteroatoms. The van der Waals surface area contributed by atoms with Gasteiger partial charge in [0.25, 0.3) is 0 Å². The summed E-state index contributed by atoms with van der Waals surface area (Å²) in [5.74, 6) is 1.10. The first-order chi connectivity index (χ1) is 6.81. The summed E-state index contributed by atoms with van der Waals surface area (Å²) in [6.07, 6.45) is 1.68. The molecule has 0 spiro atoms. The first-order valence-electron chi connectivity index (χ1n) is 4.01. The van der Waals surface area contributed by atoms with Gasteiger partial charge >= 0.3 is 0 Å². The van der Waals surface area contributed by atoms with E-state index in [2.05, 4.69) is 9.97 Å². The minimum atomic E-state index is 0.524. The summed E-state index contributed by atoms with van der Waals surface area (Å²) in [4.78, 5) is 8.25. The molecule has 2 N–H and O–H groups in total. The summed E-state index contributed by atoms with van der Waals surface area (Å²) in [5.41, 5.74) is 6.42. The van der Waals surface area contributed by atoms with Gasteiger partial charge in [0.15, 0.2) is 0 Å². The van der Waals surface area contributed by atoms with Crippen LogP contribution in [0.3, 0.4) is 0 Å². The molecule has 0 aliphatic heterocycles. The van der Waals surface area contributed by atoms with E-state index < -0.39 is 0 Å². The molecule has 2 aromatic heterocycles. The molecule has 0 bridgehead atoms. The lowest BCUT2D eigenvalue weighted by molar-refractivity contribution is 0.399. The number of methoxy groups -OCH3 is 1. The maximum Gasteiger partial charge on any atom is 0.223 e. The highest BCUT2D eigenvalue weighted by Crippen LogP contribution is 2.30. The van der Waals surface area contributed by atoms with Gasteiger partial charge in [0, 0.05) is 11.6 Å². The van der Waals surface area contributed by atoms with Crippen molar-refractivity contribution in [2.24, 2.45) is 0 Å². The van der Waals surface area contributed by atoms with Gasteiger partial charge in [0.1, 0.15) is 10.8 Å². The van der Waals surface area contributed by atoms with E-state index >= 15 is 0 Å². The fraction of sp³-hybridized carbons (Fsp3) is 0.111. The highest BCUT2D eigenvalue weighted by Gasteiger charge is 2.09. The molecule has 2 heterocycles. The van der Waals surface area contributed by atoms with Gasteiger partial charge in [-0.25, -0.2) is 9.97 Å². The van der Waals surface area contributed by atoms with Crippen molar-refractivity contribution >= 4 is 17.2 Å². The molecule has 0 unspecified atom stereocenters. The second-order valence-corrected chi connectivity index (χ2v) is 3.50. The maximum atomic E-state index is 5.55. The van der Waals surface area contributed by atoms with E-state index in [1.165, 1.54) is 11.3 Å². The van der Waals surface area contributed by atoms with Gasteiger partial charge in [-0.2, -0.15) is 0 Å². The fourth-order valence-electron chi connectivity index (χ4n) is 1.13. The quantitative estimate of drug-likeness (QED) is 0.815. The van der Waals surface area contributed by atoms with Crippen molar-refractivity contribution in [3.8, 4) is 16.5 Å². The van der Waals surface area contributed by atoms with Crippen LogP contribution in [0.4, 0.5) is 5.82 Å². The molecule has 0 aliphatic rings. The third kappa shape index (κ3) is 1.54. The number of pyridine rings is 1. The monoisotopic (exact) mass is 207 g/mol. The predicted octanol–water partition coefficient (Wildman–Crippen LogP) is 1.80. The lowest BCUT2D eigenvalue weighted by Gasteiger charge is -2.02. The van der Waals surface area contributed by atoms with E-state index in [1.807, 2.05) is 12.1 Å². The number of anilines is 1. The largest absolute Gasteiger partial charge is 0.480 e. The molecule has 14 heavy (non-hydrogen) atoms. The fourth-order valence-corrected chi connectivity index (χ4v) is 1.85. The van der Waals surface area contributed by atoms with E-state index in [9.17, 15) is 0 Å². The Morgan fingerprint density at radius 3 is 3.00 bits per heavy atom. The van der Waals surface area contributed by atoms with Crippen LogP contribution in [0.15, 0.2) is 23.7 Å². The first-order valence-corrected chi connectivity index (χ1v) is 4.89. The maximum absolute atomic E-state index is 5.55. The number of ether oxygens (including phenoxy) is 1. The van der Waals surface area contributed by atoms with E-state index in [4.69, 9.17) is 10.5 Å². The minimum Gasteiger partial charge on any atom is -0.480 e. The summed E-state index contributed by atoms with van der Waals surface area (Å²) >= 11 is 1.48. The predicted molar refractivity (Wildman–Crippen MR) is 56.3 cm³/mol. The Labute approximate surface area is 85.4 Å². The smallest absolute Gasteiger partial charge is 0.223 e. The van der Waals surface area contributed by atoms with Crippen molar-refractivity contribution in [1.29, 1.82) is 0 Å². The van der Waals surface area contributed by atoms with Gasteiger partial charge < -0.3 is 10.5 Å². The van der Waals surface area contributed by atoms with E-state index in [1.54, 1.807) is 18.7 Å². The standard InChI is InChI=1S/C9H9N3OS/c1-13-8-6(3-2-4-11-8)9-12-7(10)5-14-9/h2-5H,10H2,1H3.